The van der Waals surface area contributed by atoms with Crippen LogP contribution in [-0.2, 0) is 18.3 Å². The fourth-order valence-corrected chi connectivity index (χ4v) is 6.86. The molecule has 1 spiro atoms. The number of aryl methyl sites for hydroxylation is 3. The molecule has 0 saturated heterocycles. The smallest absolute Gasteiger partial charge is 0.252 e. The monoisotopic (exact) mass is 461 g/mol. The van der Waals surface area contributed by atoms with Gasteiger partial charge in [-0.2, -0.15) is 5.10 Å². The summed E-state index contributed by atoms with van der Waals surface area (Å²) in [6, 6.07) is 8.78. The van der Waals surface area contributed by atoms with Crippen LogP contribution in [0.25, 0.3) is 11.1 Å². The van der Waals surface area contributed by atoms with Gasteiger partial charge in [-0.1, -0.05) is 24.3 Å². The Labute approximate surface area is 199 Å². The van der Waals surface area contributed by atoms with Crippen LogP contribution in [0.3, 0.4) is 0 Å². The fourth-order valence-electron chi connectivity index (χ4n) is 5.78. The van der Waals surface area contributed by atoms with E-state index in [9.17, 15) is 9.59 Å². The number of nitrogens with zero attached hydrogens (tertiary/aromatic N) is 2. The summed E-state index contributed by atoms with van der Waals surface area (Å²) in [4.78, 5) is 27.1. The highest BCUT2D eigenvalue weighted by Gasteiger charge is 2.54. The van der Waals surface area contributed by atoms with Crippen molar-refractivity contribution in [2.75, 3.05) is 0 Å². The minimum Gasteiger partial charge on any atom is -0.349 e. The largest absolute Gasteiger partial charge is 0.349 e. The molecule has 6 heteroatoms. The highest BCUT2D eigenvalue weighted by Crippen LogP contribution is 2.58. The van der Waals surface area contributed by atoms with Crippen LogP contribution in [0.1, 0.15) is 63.8 Å². The van der Waals surface area contributed by atoms with Gasteiger partial charge in [0.1, 0.15) is 5.78 Å². The molecular weight excluding hydrogens is 430 g/mol. The third-order valence-corrected chi connectivity index (χ3v) is 8.68. The van der Waals surface area contributed by atoms with E-state index in [1.54, 1.807) is 18.3 Å². The summed E-state index contributed by atoms with van der Waals surface area (Å²) in [5.41, 5.74) is 5.75. The van der Waals surface area contributed by atoms with Crippen LogP contribution in [0, 0.1) is 25.2 Å². The lowest BCUT2D eigenvalue weighted by Gasteiger charge is -2.57. The third-order valence-electron chi connectivity index (χ3n) is 7.61. The van der Waals surface area contributed by atoms with Gasteiger partial charge in [0, 0.05) is 40.5 Å². The molecule has 2 saturated carbocycles. The lowest BCUT2D eigenvalue weighted by Crippen LogP contribution is -2.57. The molecule has 0 radical (unpaired) electrons. The molecule has 2 aliphatic carbocycles. The molecule has 2 aromatic heterocycles. The molecular formula is C27H31N3O2S. The second-order valence-corrected chi connectivity index (χ2v) is 11.6. The first-order valence-electron chi connectivity index (χ1n) is 11.7. The van der Waals surface area contributed by atoms with Gasteiger partial charge in [0.15, 0.2) is 0 Å². The molecule has 2 heterocycles. The number of ketones is 1. The summed E-state index contributed by atoms with van der Waals surface area (Å²) in [7, 11) is 1.92. The van der Waals surface area contributed by atoms with Gasteiger partial charge in [-0.25, -0.2) is 0 Å². The van der Waals surface area contributed by atoms with E-state index in [0.717, 1.165) is 59.2 Å². The highest BCUT2D eigenvalue weighted by atomic mass is 32.1. The van der Waals surface area contributed by atoms with Crippen molar-refractivity contribution < 1.29 is 9.59 Å². The van der Waals surface area contributed by atoms with Gasteiger partial charge in [0.2, 0.25) is 0 Å². The molecule has 33 heavy (non-hydrogen) atoms. The second-order valence-electron chi connectivity index (χ2n) is 10.1. The molecule has 1 amide bonds. The predicted octanol–water partition coefficient (Wildman–Crippen LogP) is 5.23. The Morgan fingerprint density at radius 3 is 2.39 bits per heavy atom. The zero-order valence-electron chi connectivity index (χ0n) is 19.8. The average molecular weight is 462 g/mol. The van der Waals surface area contributed by atoms with Gasteiger partial charge in [0.05, 0.1) is 11.8 Å². The van der Waals surface area contributed by atoms with Crippen molar-refractivity contribution in [3.05, 3.63) is 63.1 Å². The van der Waals surface area contributed by atoms with Crippen LogP contribution < -0.4 is 5.32 Å². The Hall–Kier alpha value is -2.73. The quantitative estimate of drug-likeness (QED) is 0.546. The number of Topliss-reactive ketones (excluding diaryl/α,β-unsaturated/α-hetero) is 1. The summed E-state index contributed by atoms with van der Waals surface area (Å²) in [6.45, 7) is 5.86. The maximum absolute atomic E-state index is 13.3. The van der Waals surface area contributed by atoms with Gasteiger partial charge in [0.25, 0.3) is 5.91 Å². The molecule has 5 nitrogen and oxygen atoms in total. The predicted molar refractivity (Wildman–Crippen MR) is 132 cm³/mol. The molecule has 0 aliphatic heterocycles. The molecule has 2 aliphatic rings. The summed E-state index contributed by atoms with van der Waals surface area (Å²) in [5, 5.41) is 7.54. The number of carbonyl (C=O) groups excluding carboxylic acids is 2. The third kappa shape index (κ3) is 4.17. The van der Waals surface area contributed by atoms with E-state index < -0.39 is 0 Å². The van der Waals surface area contributed by atoms with Crippen molar-refractivity contribution in [2.24, 2.45) is 18.4 Å². The number of benzene rings is 1. The minimum absolute atomic E-state index is 0.0566. The van der Waals surface area contributed by atoms with E-state index in [2.05, 4.69) is 41.6 Å². The number of aromatic nitrogens is 2. The normalized spacial score (nSPS) is 23.8. The van der Waals surface area contributed by atoms with E-state index in [-0.39, 0.29) is 17.9 Å². The van der Waals surface area contributed by atoms with E-state index in [1.807, 2.05) is 31.0 Å². The maximum atomic E-state index is 13.3. The molecule has 172 valence electrons. The van der Waals surface area contributed by atoms with Crippen LogP contribution >= 0.6 is 11.3 Å². The van der Waals surface area contributed by atoms with Crippen LogP contribution in [0.5, 0.6) is 0 Å². The number of carbonyl (C=O) groups is 2. The number of amides is 1. The van der Waals surface area contributed by atoms with Crippen molar-refractivity contribution in [2.45, 2.75) is 58.9 Å². The van der Waals surface area contributed by atoms with Crippen LogP contribution in [0.15, 0.2) is 36.7 Å². The van der Waals surface area contributed by atoms with E-state index in [0.29, 0.717) is 11.2 Å². The zero-order chi connectivity index (χ0) is 23.3. The van der Waals surface area contributed by atoms with Gasteiger partial charge in [-0.3, -0.25) is 14.3 Å². The van der Waals surface area contributed by atoms with Crippen molar-refractivity contribution >= 4 is 23.0 Å². The Bertz CT molecular complexity index is 1210. The molecule has 0 bridgehead atoms. The minimum atomic E-state index is 0.0566. The van der Waals surface area contributed by atoms with E-state index in [4.69, 9.17) is 0 Å². The van der Waals surface area contributed by atoms with Crippen LogP contribution in [0.2, 0.25) is 0 Å². The first-order chi connectivity index (χ1) is 15.7. The van der Waals surface area contributed by atoms with E-state index >= 15 is 0 Å². The Kier molecular flexibility index (Phi) is 5.52. The summed E-state index contributed by atoms with van der Waals surface area (Å²) < 4.78 is 1.81. The topological polar surface area (TPSA) is 64.0 Å². The van der Waals surface area contributed by atoms with Gasteiger partial charge in [-0.05, 0) is 75.0 Å². The van der Waals surface area contributed by atoms with Crippen molar-refractivity contribution in [1.82, 2.24) is 15.1 Å². The standard InChI is InChI=1S/C27H31N3O2S/c1-16(31)21-10-27(11-21)12-23(13-27)29-26(32)25-18(3)33-17(2)24(25)9-19-5-7-20(8-6-19)22-14-28-30(4)15-22/h5-8,14-15,21,23H,9-13H2,1-4H3,(H,29,32). The van der Waals surface area contributed by atoms with Gasteiger partial charge >= 0.3 is 0 Å². The molecule has 3 aromatic rings. The van der Waals surface area contributed by atoms with Gasteiger partial charge in [-0.15, -0.1) is 11.3 Å². The number of rotatable bonds is 6. The molecule has 2 fully saturated rings. The summed E-state index contributed by atoms with van der Waals surface area (Å²) in [5.74, 6) is 0.622. The summed E-state index contributed by atoms with van der Waals surface area (Å²) in [6.07, 6.45) is 8.67. The first-order valence-corrected chi connectivity index (χ1v) is 12.5. The van der Waals surface area contributed by atoms with Gasteiger partial charge < -0.3 is 5.32 Å². The Morgan fingerprint density at radius 1 is 1.09 bits per heavy atom. The molecule has 0 atom stereocenters. The average Bonchev–Trinajstić information content (AvgIpc) is 3.25. The Morgan fingerprint density at radius 2 is 1.79 bits per heavy atom. The molecule has 1 N–H and O–H groups in total. The van der Waals surface area contributed by atoms with Crippen LogP contribution in [-0.4, -0.2) is 27.5 Å². The first kappa shape index (κ1) is 22.1. The van der Waals surface area contributed by atoms with E-state index in [1.165, 1.54) is 10.4 Å². The molecule has 0 unspecified atom stereocenters. The Balaban J connectivity index is 1.26. The fraction of sp³-hybridized carbons (Fsp3) is 0.444. The molecule has 5 rings (SSSR count). The lowest BCUT2D eigenvalue weighted by molar-refractivity contribution is -0.134. The SMILES string of the molecule is CC(=O)C1CC2(CC(NC(=O)c3c(C)sc(C)c3Cc3ccc(-c4cnn(C)c4)cc3)C2)C1. The number of thiophene rings is 1. The van der Waals surface area contributed by atoms with Crippen LogP contribution in [0.4, 0.5) is 0 Å². The second kappa shape index (κ2) is 8.24. The molecule has 1 aromatic carbocycles. The highest BCUT2D eigenvalue weighted by molar-refractivity contribution is 7.12. The number of hydrogen-bond acceptors (Lipinski definition) is 4. The summed E-state index contributed by atoms with van der Waals surface area (Å²) >= 11 is 1.71. The van der Waals surface area contributed by atoms with Crippen molar-refractivity contribution in [1.29, 1.82) is 0 Å². The number of nitrogens with one attached hydrogen (secondary N) is 1. The van der Waals surface area contributed by atoms with Crippen molar-refractivity contribution in [3.63, 3.8) is 0 Å². The zero-order valence-corrected chi connectivity index (χ0v) is 20.6. The van der Waals surface area contributed by atoms with Crippen molar-refractivity contribution in [3.8, 4) is 11.1 Å². The number of hydrogen-bond donors (Lipinski definition) is 1. The maximum Gasteiger partial charge on any atom is 0.252 e. The lowest BCUT2D eigenvalue weighted by atomic mass is 9.49.